The summed E-state index contributed by atoms with van der Waals surface area (Å²) in [5.74, 6) is 0.577. The standard InChI is InChI=1S/C25H29N3OS/c1-18-9-7-8-12-22(18)28-24(29)23(17-19-13-15-21(16-14-19)27(2)3)30-25(28)26-20-10-5-4-6-11-20/h4-6,10-11,13-18,22H,7-9,12H2,1-3H3/b23-17-,26-25?/t18-,22-/m1/s1. The molecule has 2 aromatic carbocycles. The van der Waals surface area contributed by atoms with E-state index in [1.165, 1.54) is 31.0 Å². The quantitative estimate of drug-likeness (QED) is 0.576. The SMILES string of the molecule is C[C@@H]1CCCC[C@H]1N1C(=O)/C(=C/c2ccc(N(C)C)cc2)SC1=Nc1ccccc1. The van der Waals surface area contributed by atoms with Crippen LogP contribution in [0.5, 0.6) is 0 Å². The molecule has 5 heteroatoms. The Morgan fingerprint density at radius 3 is 2.40 bits per heavy atom. The molecule has 1 saturated carbocycles. The van der Waals surface area contributed by atoms with Crippen molar-refractivity contribution in [3.8, 4) is 0 Å². The number of para-hydroxylation sites is 1. The summed E-state index contributed by atoms with van der Waals surface area (Å²) >= 11 is 1.50. The summed E-state index contributed by atoms with van der Waals surface area (Å²) in [6.07, 6.45) is 6.64. The minimum atomic E-state index is 0.0881. The molecule has 1 aliphatic carbocycles. The highest BCUT2D eigenvalue weighted by Gasteiger charge is 2.41. The topological polar surface area (TPSA) is 35.9 Å². The lowest BCUT2D eigenvalue weighted by atomic mass is 9.85. The molecule has 4 nitrogen and oxygen atoms in total. The first kappa shape index (κ1) is 20.7. The van der Waals surface area contributed by atoms with Gasteiger partial charge in [0.25, 0.3) is 5.91 Å². The van der Waals surface area contributed by atoms with E-state index in [0.717, 1.165) is 33.4 Å². The molecule has 2 atom stereocenters. The summed E-state index contributed by atoms with van der Waals surface area (Å²) in [7, 11) is 4.05. The zero-order chi connectivity index (χ0) is 21.1. The van der Waals surface area contributed by atoms with Gasteiger partial charge in [-0.15, -0.1) is 0 Å². The van der Waals surface area contributed by atoms with E-state index in [1.807, 2.05) is 55.4 Å². The molecule has 2 aliphatic rings. The monoisotopic (exact) mass is 419 g/mol. The van der Waals surface area contributed by atoms with Crippen molar-refractivity contribution in [1.82, 2.24) is 4.90 Å². The van der Waals surface area contributed by atoms with E-state index in [-0.39, 0.29) is 11.9 Å². The third-order valence-corrected chi connectivity index (χ3v) is 6.91. The van der Waals surface area contributed by atoms with Crippen LogP contribution in [0.2, 0.25) is 0 Å². The van der Waals surface area contributed by atoms with Gasteiger partial charge in [-0.25, -0.2) is 4.99 Å². The summed E-state index contributed by atoms with van der Waals surface area (Å²) in [5.41, 5.74) is 3.07. The molecule has 0 spiro atoms. The highest BCUT2D eigenvalue weighted by atomic mass is 32.2. The maximum absolute atomic E-state index is 13.5. The maximum Gasteiger partial charge on any atom is 0.267 e. The smallest absolute Gasteiger partial charge is 0.267 e. The molecular weight excluding hydrogens is 390 g/mol. The molecule has 0 unspecified atom stereocenters. The molecule has 2 fully saturated rings. The molecule has 0 aromatic heterocycles. The molecule has 4 rings (SSSR count). The Hall–Kier alpha value is -2.53. The second-order valence-electron chi connectivity index (χ2n) is 8.33. The van der Waals surface area contributed by atoms with Crippen LogP contribution >= 0.6 is 11.8 Å². The number of thioether (sulfide) groups is 1. The second kappa shape index (κ2) is 9.09. The number of anilines is 1. The zero-order valence-corrected chi connectivity index (χ0v) is 18.7. The molecule has 0 N–H and O–H groups in total. The van der Waals surface area contributed by atoms with Gasteiger partial charge in [-0.05, 0) is 66.4 Å². The highest BCUT2D eigenvalue weighted by molar-refractivity contribution is 8.18. The lowest BCUT2D eigenvalue weighted by molar-refractivity contribution is -0.124. The van der Waals surface area contributed by atoms with Crippen molar-refractivity contribution < 1.29 is 4.79 Å². The van der Waals surface area contributed by atoms with Crippen LogP contribution in [0.25, 0.3) is 6.08 Å². The Balaban J connectivity index is 1.68. The number of carbonyl (C=O) groups excluding carboxylic acids is 1. The van der Waals surface area contributed by atoms with Gasteiger partial charge >= 0.3 is 0 Å². The number of hydrogen-bond acceptors (Lipinski definition) is 4. The average molecular weight is 420 g/mol. The summed E-state index contributed by atoms with van der Waals surface area (Å²) in [6, 6.07) is 18.4. The molecule has 1 saturated heterocycles. The summed E-state index contributed by atoms with van der Waals surface area (Å²) in [5, 5.41) is 0.807. The Bertz CT molecular complexity index is 950. The fourth-order valence-electron chi connectivity index (χ4n) is 4.17. The molecule has 1 amide bonds. The van der Waals surface area contributed by atoms with E-state index in [4.69, 9.17) is 4.99 Å². The Morgan fingerprint density at radius 1 is 1.03 bits per heavy atom. The number of benzene rings is 2. The van der Waals surface area contributed by atoms with Crippen molar-refractivity contribution in [1.29, 1.82) is 0 Å². The minimum absolute atomic E-state index is 0.0881. The van der Waals surface area contributed by atoms with E-state index >= 15 is 0 Å². The van der Waals surface area contributed by atoms with Gasteiger partial charge in [-0.1, -0.05) is 50.1 Å². The zero-order valence-electron chi connectivity index (χ0n) is 17.9. The molecule has 156 valence electrons. The fourth-order valence-corrected chi connectivity index (χ4v) is 5.22. The number of rotatable bonds is 4. The van der Waals surface area contributed by atoms with Gasteiger partial charge in [0.05, 0.1) is 10.6 Å². The molecule has 0 bridgehead atoms. The molecule has 30 heavy (non-hydrogen) atoms. The van der Waals surface area contributed by atoms with Crippen LogP contribution in [0, 0.1) is 5.92 Å². The number of amides is 1. The number of aliphatic imine (C=N–C) groups is 1. The lowest BCUT2D eigenvalue weighted by Crippen LogP contribution is -2.44. The second-order valence-corrected chi connectivity index (χ2v) is 9.34. The van der Waals surface area contributed by atoms with E-state index in [1.54, 1.807) is 0 Å². The number of hydrogen-bond donors (Lipinski definition) is 0. The molecule has 1 heterocycles. The van der Waals surface area contributed by atoms with Gasteiger partial charge in [0.2, 0.25) is 0 Å². The van der Waals surface area contributed by atoms with Crippen molar-refractivity contribution in [3.05, 3.63) is 65.1 Å². The third-order valence-electron chi connectivity index (χ3n) is 5.92. The van der Waals surface area contributed by atoms with Crippen molar-refractivity contribution in [2.45, 2.75) is 38.6 Å². The molecule has 1 aliphatic heterocycles. The normalized spacial score (nSPS) is 24.6. The Labute approximate surface area is 183 Å². The predicted molar refractivity (Wildman–Crippen MR) is 128 cm³/mol. The largest absolute Gasteiger partial charge is 0.378 e. The highest BCUT2D eigenvalue weighted by Crippen LogP contribution is 2.40. The van der Waals surface area contributed by atoms with Crippen LogP contribution in [0.1, 0.15) is 38.2 Å². The molecule has 0 radical (unpaired) electrons. The van der Waals surface area contributed by atoms with Crippen molar-refractivity contribution in [2.24, 2.45) is 10.9 Å². The van der Waals surface area contributed by atoms with Crippen LogP contribution in [0.3, 0.4) is 0 Å². The predicted octanol–water partition coefficient (Wildman–Crippen LogP) is 5.94. The maximum atomic E-state index is 13.5. The van der Waals surface area contributed by atoms with Crippen molar-refractivity contribution >= 4 is 40.3 Å². The van der Waals surface area contributed by atoms with Gasteiger partial charge in [0, 0.05) is 25.8 Å². The van der Waals surface area contributed by atoms with Crippen LogP contribution in [-0.4, -0.2) is 36.1 Å². The van der Waals surface area contributed by atoms with Crippen LogP contribution in [0.4, 0.5) is 11.4 Å². The summed E-state index contributed by atoms with van der Waals surface area (Å²) in [6.45, 7) is 2.27. The molecular formula is C25H29N3OS. The summed E-state index contributed by atoms with van der Waals surface area (Å²) < 4.78 is 0. The number of nitrogens with zero attached hydrogens (tertiary/aromatic N) is 3. The van der Waals surface area contributed by atoms with E-state index in [0.29, 0.717) is 5.92 Å². The third kappa shape index (κ3) is 4.46. The summed E-state index contributed by atoms with van der Waals surface area (Å²) in [4.78, 5) is 23.1. The van der Waals surface area contributed by atoms with E-state index in [9.17, 15) is 4.79 Å². The van der Waals surface area contributed by atoms with Crippen LogP contribution in [-0.2, 0) is 4.79 Å². The average Bonchev–Trinajstić information content (AvgIpc) is 3.04. The number of carbonyl (C=O) groups is 1. The first-order valence-corrected chi connectivity index (χ1v) is 11.5. The van der Waals surface area contributed by atoms with Crippen molar-refractivity contribution in [2.75, 3.05) is 19.0 Å². The van der Waals surface area contributed by atoms with Gasteiger partial charge in [0.1, 0.15) is 0 Å². The van der Waals surface area contributed by atoms with E-state index < -0.39 is 0 Å². The molecule has 2 aromatic rings. The Morgan fingerprint density at radius 2 is 1.73 bits per heavy atom. The van der Waals surface area contributed by atoms with Gasteiger partial charge in [-0.2, -0.15) is 0 Å². The van der Waals surface area contributed by atoms with Gasteiger partial charge < -0.3 is 4.90 Å². The van der Waals surface area contributed by atoms with E-state index in [2.05, 4.69) is 36.1 Å². The number of amidine groups is 1. The Kier molecular flexibility index (Phi) is 6.28. The fraction of sp³-hybridized carbons (Fsp3) is 0.360. The van der Waals surface area contributed by atoms with Gasteiger partial charge in [0.15, 0.2) is 5.17 Å². The van der Waals surface area contributed by atoms with Crippen LogP contribution in [0.15, 0.2) is 64.5 Å². The lowest BCUT2D eigenvalue weighted by Gasteiger charge is -2.35. The van der Waals surface area contributed by atoms with Crippen molar-refractivity contribution in [3.63, 3.8) is 0 Å². The first-order chi connectivity index (χ1) is 14.5. The van der Waals surface area contributed by atoms with Gasteiger partial charge in [-0.3, -0.25) is 9.69 Å². The minimum Gasteiger partial charge on any atom is -0.378 e. The first-order valence-electron chi connectivity index (χ1n) is 10.7. The van der Waals surface area contributed by atoms with Crippen LogP contribution < -0.4 is 4.90 Å².